The first-order chi connectivity index (χ1) is 13.1. The van der Waals surface area contributed by atoms with Crippen molar-refractivity contribution in [2.75, 3.05) is 30.4 Å². The van der Waals surface area contributed by atoms with Crippen molar-refractivity contribution < 1.29 is 4.39 Å². The molecule has 0 saturated carbocycles. The molecule has 0 aliphatic carbocycles. The molecule has 0 aliphatic heterocycles. The monoisotopic (exact) mass is 365 g/mol. The molecule has 1 aromatic carbocycles. The number of likely N-dealkylation sites (N-methyl/N-ethyl adjacent to an activating group) is 1. The maximum Gasteiger partial charge on any atom is 0.134 e. The van der Waals surface area contributed by atoms with Crippen molar-refractivity contribution in [2.45, 2.75) is 19.8 Å². The lowest BCUT2D eigenvalue weighted by Crippen LogP contribution is -2.22. The SMILES string of the molecule is Cc1nc(NCCc2ccc(F)cc2)cc(N(C)CCc2ccncc2)n1. The summed E-state index contributed by atoms with van der Waals surface area (Å²) in [6, 6.07) is 12.6. The van der Waals surface area contributed by atoms with Gasteiger partial charge in [0.1, 0.15) is 23.3 Å². The molecule has 0 amide bonds. The van der Waals surface area contributed by atoms with Crippen molar-refractivity contribution >= 4 is 11.6 Å². The normalized spacial score (nSPS) is 10.6. The van der Waals surface area contributed by atoms with Gasteiger partial charge in [0.15, 0.2) is 0 Å². The number of halogens is 1. The van der Waals surface area contributed by atoms with Crippen LogP contribution in [-0.4, -0.2) is 35.1 Å². The van der Waals surface area contributed by atoms with E-state index in [1.54, 1.807) is 12.1 Å². The number of anilines is 2. The number of hydrogen-bond donors (Lipinski definition) is 1. The molecule has 0 radical (unpaired) electrons. The van der Waals surface area contributed by atoms with Gasteiger partial charge in [0.25, 0.3) is 0 Å². The topological polar surface area (TPSA) is 53.9 Å². The molecule has 3 rings (SSSR count). The predicted octanol–water partition coefficient (Wildman–Crippen LogP) is 3.65. The summed E-state index contributed by atoms with van der Waals surface area (Å²) < 4.78 is 13.0. The number of rotatable bonds is 8. The van der Waals surface area contributed by atoms with Crippen LogP contribution in [0.4, 0.5) is 16.0 Å². The fourth-order valence-corrected chi connectivity index (χ4v) is 2.78. The number of hydrogen-bond acceptors (Lipinski definition) is 5. The zero-order valence-electron chi connectivity index (χ0n) is 15.7. The largest absolute Gasteiger partial charge is 0.370 e. The molecule has 3 aromatic rings. The van der Waals surface area contributed by atoms with E-state index in [2.05, 4.69) is 25.2 Å². The Hall–Kier alpha value is -3.02. The van der Waals surface area contributed by atoms with Gasteiger partial charge < -0.3 is 10.2 Å². The van der Waals surface area contributed by atoms with Crippen LogP contribution in [0.25, 0.3) is 0 Å². The number of nitrogens with one attached hydrogen (secondary N) is 1. The van der Waals surface area contributed by atoms with Crippen LogP contribution in [0, 0.1) is 12.7 Å². The number of benzene rings is 1. The minimum absolute atomic E-state index is 0.211. The summed E-state index contributed by atoms with van der Waals surface area (Å²) >= 11 is 0. The van der Waals surface area contributed by atoms with Crippen LogP contribution in [0.2, 0.25) is 0 Å². The van der Waals surface area contributed by atoms with E-state index >= 15 is 0 Å². The molecule has 1 N–H and O–H groups in total. The number of pyridine rings is 1. The molecule has 5 nitrogen and oxygen atoms in total. The third-order valence-electron chi connectivity index (χ3n) is 4.33. The average molecular weight is 365 g/mol. The highest BCUT2D eigenvalue weighted by Crippen LogP contribution is 2.15. The summed E-state index contributed by atoms with van der Waals surface area (Å²) in [6.07, 6.45) is 5.35. The Morgan fingerprint density at radius 3 is 2.41 bits per heavy atom. The summed E-state index contributed by atoms with van der Waals surface area (Å²) in [5, 5.41) is 3.34. The van der Waals surface area contributed by atoms with Crippen molar-refractivity contribution in [3.8, 4) is 0 Å². The highest BCUT2D eigenvalue weighted by molar-refractivity contribution is 5.49. The maximum absolute atomic E-state index is 13.0. The molecule has 140 valence electrons. The van der Waals surface area contributed by atoms with Crippen LogP contribution in [0.5, 0.6) is 0 Å². The Morgan fingerprint density at radius 2 is 1.67 bits per heavy atom. The van der Waals surface area contributed by atoms with Gasteiger partial charge in [-0.2, -0.15) is 0 Å². The molecule has 6 heteroatoms. The second kappa shape index (κ2) is 9.07. The van der Waals surface area contributed by atoms with Crippen molar-refractivity contribution in [3.05, 3.63) is 77.6 Å². The van der Waals surface area contributed by atoms with Gasteiger partial charge in [0.05, 0.1) is 0 Å². The van der Waals surface area contributed by atoms with Crippen molar-refractivity contribution in [1.29, 1.82) is 0 Å². The Balaban J connectivity index is 1.57. The first-order valence-electron chi connectivity index (χ1n) is 9.04. The summed E-state index contributed by atoms with van der Waals surface area (Å²) in [5.74, 6) is 2.21. The van der Waals surface area contributed by atoms with E-state index in [-0.39, 0.29) is 5.82 Å². The predicted molar refractivity (Wildman–Crippen MR) is 107 cm³/mol. The van der Waals surface area contributed by atoms with Gasteiger partial charge in [-0.1, -0.05) is 12.1 Å². The number of aromatic nitrogens is 3. The molecule has 0 spiro atoms. The van der Waals surface area contributed by atoms with Crippen LogP contribution in [0.3, 0.4) is 0 Å². The summed E-state index contributed by atoms with van der Waals surface area (Å²) in [7, 11) is 2.03. The van der Waals surface area contributed by atoms with Gasteiger partial charge in [-0.05, 0) is 55.2 Å². The molecular weight excluding hydrogens is 341 g/mol. The first kappa shape index (κ1) is 18.8. The van der Waals surface area contributed by atoms with Crippen molar-refractivity contribution in [2.24, 2.45) is 0 Å². The van der Waals surface area contributed by atoms with E-state index in [9.17, 15) is 4.39 Å². The minimum atomic E-state index is -0.211. The van der Waals surface area contributed by atoms with Crippen LogP contribution in [0.1, 0.15) is 17.0 Å². The third kappa shape index (κ3) is 5.74. The number of aryl methyl sites for hydroxylation is 1. The van der Waals surface area contributed by atoms with E-state index in [4.69, 9.17) is 0 Å². The Labute approximate surface area is 159 Å². The fraction of sp³-hybridized carbons (Fsp3) is 0.286. The third-order valence-corrected chi connectivity index (χ3v) is 4.33. The van der Waals surface area contributed by atoms with Crippen LogP contribution in [0.15, 0.2) is 54.9 Å². The summed E-state index contributed by atoms with van der Waals surface area (Å²) in [6.45, 7) is 3.48. The molecule has 2 heterocycles. The van der Waals surface area contributed by atoms with E-state index in [0.29, 0.717) is 0 Å². The molecule has 0 atom stereocenters. The van der Waals surface area contributed by atoms with Crippen molar-refractivity contribution in [1.82, 2.24) is 15.0 Å². The lowest BCUT2D eigenvalue weighted by atomic mass is 10.1. The summed E-state index contributed by atoms with van der Waals surface area (Å²) in [5.41, 5.74) is 2.34. The molecule has 0 fully saturated rings. The zero-order valence-corrected chi connectivity index (χ0v) is 15.7. The number of nitrogens with zero attached hydrogens (tertiary/aromatic N) is 4. The Morgan fingerprint density at radius 1 is 0.963 bits per heavy atom. The van der Waals surface area contributed by atoms with Gasteiger partial charge in [0.2, 0.25) is 0 Å². The van der Waals surface area contributed by atoms with Crippen LogP contribution < -0.4 is 10.2 Å². The second-order valence-electron chi connectivity index (χ2n) is 6.49. The lowest BCUT2D eigenvalue weighted by Gasteiger charge is -2.19. The van der Waals surface area contributed by atoms with E-state index in [0.717, 1.165) is 49.0 Å². The van der Waals surface area contributed by atoms with Gasteiger partial charge in [0, 0.05) is 38.6 Å². The molecule has 0 unspecified atom stereocenters. The van der Waals surface area contributed by atoms with Gasteiger partial charge in [-0.25, -0.2) is 14.4 Å². The fourth-order valence-electron chi connectivity index (χ4n) is 2.78. The first-order valence-corrected chi connectivity index (χ1v) is 9.04. The summed E-state index contributed by atoms with van der Waals surface area (Å²) in [4.78, 5) is 15.2. The average Bonchev–Trinajstić information content (AvgIpc) is 2.68. The zero-order chi connectivity index (χ0) is 19.1. The Bertz CT molecular complexity index is 852. The standard InChI is InChI=1S/C21H24FN5/c1-16-25-20(24-13-9-17-3-5-19(22)6-4-17)15-21(26-16)27(2)14-10-18-7-11-23-12-8-18/h3-8,11-12,15H,9-10,13-14H2,1-2H3,(H,24,25,26). The van der Waals surface area contributed by atoms with Crippen LogP contribution in [-0.2, 0) is 12.8 Å². The highest BCUT2D eigenvalue weighted by atomic mass is 19.1. The molecular formula is C21H24FN5. The van der Waals surface area contributed by atoms with E-state index in [1.165, 1.54) is 17.7 Å². The van der Waals surface area contributed by atoms with Crippen LogP contribution >= 0.6 is 0 Å². The molecule has 0 saturated heterocycles. The quantitative estimate of drug-likeness (QED) is 0.660. The van der Waals surface area contributed by atoms with Crippen molar-refractivity contribution in [3.63, 3.8) is 0 Å². The van der Waals surface area contributed by atoms with E-state index < -0.39 is 0 Å². The molecule has 0 bridgehead atoms. The molecule has 2 aromatic heterocycles. The highest BCUT2D eigenvalue weighted by Gasteiger charge is 2.07. The lowest BCUT2D eigenvalue weighted by molar-refractivity contribution is 0.627. The molecule has 0 aliphatic rings. The molecule has 27 heavy (non-hydrogen) atoms. The minimum Gasteiger partial charge on any atom is -0.370 e. The Kier molecular flexibility index (Phi) is 6.30. The van der Waals surface area contributed by atoms with E-state index in [1.807, 2.05) is 44.6 Å². The van der Waals surface area contributed by atoms with Gasteiger partial charge >= 0.3 is 0 Å². The maximum atomic E-state index is 13.0. The second-order valence-corrected chi connectivity index (χ2v) is 6.49. The van der Waals surface area contributed by atoms with Gasteiger partial charge in [-0.15, -0.1) is 0 Å². The smallest absolute Gasteiger partial charge is 0.134 e. The van der Waals surface area contributed by atoms with Gasteiger partial charge in [-0.3, -0.25) is 4.98 Å².